The second kappa shape index (κ2) is 11.1. The first-order chi connectivity index (χ1) is 15.7. The van der Waals surface area contributed by atoms with Crippen LogP contribution >= 0.6 is 15.9 Å². The van der Waals surface area contributed by atoms with E-state index in [0.29, 0.717) is 29.9 Å². The summed E-state index contributed by atoms with van der Waals surface area (Å²) in [5.41, 5.74) is 2.08. The van der Waals surface area contributed by atoms with Gasteiger partial charge in [-0.3, -0.25) is 13.9 Å². The summed E-state index contributed by atoms with van der Waals surface area (Å²) >= 11 is 3.31. The molecule has 0 heterocycles. The number of carbonyl (C=O) groups is 2. The van der Waals surface area contributed by atoms with Crippen LogP contribution in [-0.4, -0.2) is 39.6 Å². The van der Waals surface area contributed by atoms with Gasteiger partial charge in [-0.15, -0.1) is 0 Å². The van der Waals surface area contributed by atoms with Crippen LogP contribution in [-0.2, 0) is 21.2 Å². The van der Waals surface area contributed by atoms with Crippen LogP contribution in [0.3, 0.4) is 0 Å². The normalized spacial score (nSPS) is 11.0. The van der Waals surface area contributed by atoms with E-state index in [0.717, 1.165) is 20.6 Å². The van der Waals surface area contributed by atoms with Crippen molar-refractivity contribution in [2.75, 3.05) is 29.0 Å². The van der Waals surface area contributed by atoms with E-state index in [2.05, 4.69) is 26.6 Å². The number of anilines is 2. The molecule has 7 nitrogen and oxygen atoms in total. The Morgan fingerprint density at radius 2 is 1.55 bits per heavy atom. The van der Waals surface area contributed by atoms with E-state index in [-0.39, 0.29) is 5.91 Å². The molecule has 2 amide bonds. The zero-order valence-electron chi connectivity index (χ0n) is 18.0. The van der Waals surface area contributed by atoms with Gasteiger partial charge in [0.1, 0.15) is 6.54 Å². The van der Waals surface area contributed by atoms with Crippen LogP contribution in [0.1, 0.15) is 15.9 Å². The minimum absolute atomic E-state index is 0.299. The lowest BCUT2D eigenvalue weighted by molar-refractivity contribution is -0.114. The van der Waals surface area contributed by atoms with E-state index in [1.165, 1.54) is 0 Å². The summed E-state index contributed by atoms with van der Waals surface area (Å²) in [5, 5.41) is 5.52. The molecule has 0 aliphatic heterocycles. The van der Waals surface area contributed by atoms with Crippen molar-refractivity contribution in [3.05, 3.63) is 94.5 Å². The largest absolute Gasteiger partial charge is 0.352 e. The molecule has 0 radical (unpaired) electrons. The van der Waals surface area contributed by atoms with Gasteiger partial charge in [-0.1, -0.05) is 58.4 Å². The molecule has 2 N–H and O–H groups in total. The van der Waals surface area contributed by atoms with Crippen LogP contribution < -0.4 is 14.9 Å². The number of halogens is 1. The molecule has 0 spiro atoms. The predicted molar refractivity (Wildman–Crippen MR) is 134 cm³/mol. The zero-order chi connectivity index (χ0) is 23.8. The average molecular weight is 530 g/mol. The molecule has 172 valence electrons. The first-order valence-electron chi connectivity index (χ1n) is 10.2. The number of amides is 2. The summed E-state index contributed by atoms with van der Waals surface area (Å²) in [6.07, 6.45) is 1.72. The molecule has 0 bridgehead atoms. The van der Waals surface area contributed by atoms with Crippen LogP contribution in [0.25, 0.3) is 0 Å². The van der Waals surface area contributed by atoms with E-state index in [1.807, 2.05) is 30.3 Å². The van der Waals surface area contributed by atoms with Gasteiger partial charge in [0.05, 0.1) is 23.2 Å². The molecule has 9 heteroatoms. The summed E-state index contributed by atoms with van der Waals surface area (Å²) in [6, 6.07) is 23.0. The van der Waals surface area contributed by atoms with Crippen molar-refractivity contribution in [1.29, 1.82) is 0 Å². The number of sulfonamides is 1. The SMILES string of the molecule is CS(=O)(=O)N(CC(=O)Nc1ccccc1C(=O)NCCc1ccccc1)c1ccc(Br)cc1. The minimum atomic E-state index is -3.71. The number of para-hydroxylation sites is 1. The first-order valence-corrected chi connectivity index (χ1v) is 12.8. The molecule has 0 unspecified atom stereocenters. The van der Waals surface area contributed by atoms with Crippen molar-refractivity contribution in [3.63, 3.8) is 0 Å². The molecule has 0 aliphatic rings. The van der Waals surface area contributed by atoms with Crippen molar-refractivity contribution < 1.29 is 18.0 Å². The Hall–Kier alpha value is -3.17. The highest BCUT2D eigenvalue weighted by molar-refractivity contribution is 9.10. The van der Waals surface area contributed by atoms with Crippen molar-refractivity contribution in [2.45, 2.75) is 6.42 Å². The molecule has 3 aromatic rings. The van der Waals surface area contributed by atoms with Crippen LogP contribution in [0.15, 0.2) is 83.3 Å². The van der Waals surface area contributed by atoms with Crippen molar-refractivity contribution in [3.8, 4) is 0 Å². The van der Waals surface area contributed by atoms with Gasteiger partial charge in [0.15, 0.2) is 0 Å². The molecule has 0 aliphatic carbocycles. The molecule has 0 fully saturated rings. The maximum atomic E-state index is 12.7. The Morgan fingerprint density at radius 1 is 0.909 bits per heavy atom. The number of carbonyl (C=O) groups excluding carboxylic acids is 2. The Balaban J connectivity index is 1.68. The molecule has 0 aromatic heterocycles. The van der Waals surface area contributed by atoms with Gasteiger partial charge in [-0.05, 0) is 48.4 Å². The lowest BCUT2D eigenvalue weighted by Gasteiger charge is -2.22. The quantitative estimate of drug-likeness (QED) is 0.440. The summed E-state index contributed by atoms with van der Waals surface area (Å²) in [4.78, 5) is 25.4. The Labute approximate surface area is 202 Å². The Bertz CT molecular complexity index is 1220. The standard InChI is InChI=1S/C24H24BrN3O4S/c1-33(31,32)28(20-13-11-19(25)12-14-20)17-23(29)27-22-10-6-5-9-21(22)24(30)26-16-15-18-7-3-2-4-8-18/h2-14H,15-17H2,1H3,(H,26,30)(H,27,29). The fourth-order valence-electron chi connectivity index (χ4n) is 3.18. The van der Waals surface area contributed by atoms with Crippen LogP contribution in [0.5, 0.6) is 0 Å². The third-order valence-electron chi connectivity index (χ3n) is 4.79. The summed E-state index contributed by atoms with van der Waals surface area (Å²) in [6.45, 7) is 0.0149. The van der Waals surface area contributed by atoms with Gasteiger partial charge in [-0.25, -0.2) is 8.42 Å². The van der Waals surface area contributed by atoms with E-state index >= 15 is 0 Å². The van der Waals surface area contributed by atoms with E-state index in [1.54, 1.807) is 48.5 Å². The second-order valence-corrected chi connectivity index (χ2v) is 10.2. The second-order valence-electron chi connectivity index (χ2n) is 7.33. The number of hydrogen-bond donors (Lipinski definition) is 2. The Morgan fingerprint density at radius 3 is 2.21 bits per heavy atom. The van der Waals surface area contributed by atoms with Crippen molar-refractivity contribution in [1.82, 2.24) is 5.32 Å². The lowest BCUT2D eigenvalue weighted by atomic mass is 10.1. The first kappa shape index (κ1) is 24.5. The number of benzene rings is 3. The van der Waals surface area contributed by atoms with Gasteiger partial charge >= 0.3 is 0 Å². The highest BCUT2D eigenvalue weighted by Gasteiger charge is 2.22. The average Bonchev–Trinajstić information content (AvgIpc) is 2.78. The Kier molecular flexibility index (Phi) is 8.24. The van der Waals surface area contributed by atoms with Gasteiger partial charge in [0.2, 0.25) is 15.9 Å². The maximum Gasteiger partial charge on any atom is 0.253 e. The molecule has 3 aromatic carbocycles. The fourth-order valence-corrected chi connectivity index (χ4v) is 4.30. The summed E-state index contributed by atoms with van der Waals surface area (Å²) in [7, 11) is -3.71. The molecular weight excluding hydrogens is 506 g/mol. The third kappa shape index (κ3) is 7.16. The lowest BCUT2D eigenvalue weighted by Crippen LogP contribution is -2.37. The van der Waals surface area contributed by atoms with Crippen molar-refractivity contribution >= 4 is 49.1 Å². The van der Waals surface area contributed by atoms with Crippen LogP contribution in [0.2, 0.25) is 0 Å². The highest BCUT2D eigenvalue weighted by atomic mass is 79.9. The van der Waals surface area contributed by atoms with Gasteiger partial charge in [-0.2, -0.15) is 0 Å². The maximum absolute atomic E-state index is 12.7. The molecule has 0 saturated carbocycles. The molecular formula is C24H24BrN3O4S. The number of rotatable bonds is 9. The molecule has 33 heavy (non-hydrogen) atoms. The van der Waals surface area contributed by atoms with Gasteiger partial charge in [0, 0.05) is 11.0 Å². The zero-order valence-corrected chi connectivity index (χ0v) is 20.4. The molecule has 0 saturated heterocycles. The smallest absolute Gasteiger partial charge is 0.253 e. The van der Waals surface area contributed by atoms with Crippen LogP contribution in [0.4, 0.5) is 11.4 Å². The van der Waals surface area contributed by atoms with Crippen molar-refractivity contribution in [2.24, 2.45) is 0 Å². The fraction of sp³-hybridized carbons (Fsp3) is 0.167. The predicted octanol–water partition coefficient (Wildman–Crippen LogP) is 3.83. The third-order valence-corrected chi connectivity index (χ3v) is 6.46. The van der Waals surface area contributed by atoms with Gasteiger partial charge in [0.25, 0.3) is 5.91 Å². The summed E-state index contributed by atoms with van der Waals surface area (Å²) in [5.74, 6) is -0.886. The van der Waals surface area contributed by atoms with E-state index in [4.69, 9.17) is 0 Å². The van der Waals surface area contributed by atoms with Gasteiger partial charge < -0.3 is 10.6 Å². The van der Waals surface area contributed by atoms with E-state index < -0.39 is 22.5 Å². The molecule has 3 rings (SSSR count). The van der Waals surface area contributed by atoms with Crippen LogP contribution in [0, 0.1) is 0 Å². The molecule has 0 atom stereocenters. The monoisotopic (exact) mass is 529 g/mol. The highest BCUT2D eigenvalue weighted by Crippen LogP contribution is 2.21. The topological polar surface area (TPSA) is 95.6 Å². The number of hydrogen-bond acceptors (Lipinski definition) is 4. The minimum Gasteiger partial charge on any atom is -0.352 e. The summed E-state index contributed by atoms with van der Waals surface area (Å²) < 4.78 is 26.4. The number of nitrogens with one attached hydrogen (secondary N) is 2. The number of nitrogens with zero attached hydrogens (tertiary/aromatic N) is 1. The van der Waals surface area contributed by atoms with E-state index in [9.17, 15) is 18.0 Å².